The summed E-state index contributed by atoms with van der Waals surface area (Å²) < 4.78 is 27.6. The molecule has 7 heteroatoms. The van der Waals surface area contributed by atoms with Gasteiger partial charge in [-0.25, -0.2) is 8.42 Å². The number of nitrogens with one attached hydrogen (secondary N) is 2. The van der Waals surface area contributed by atoms with E-state index in [4.69, 9.17) is 11.6 Å². The average Bonchev–Trinajstić information content (AvgIpc) is 2.74. The number of carbonyl (C=O) groups excluding carboxylic acids is 1. The third kappa shape index (κ3) is 5.49. The molecular formula is C23H21ClN2O3S. The minimum Gasteiger partial charge on any atom is -0.322 e. The van der Waals surface area contributed by atoms with Crippen molar-refractivity contribution in [1.29, 1.82) is 0 Å². The first-order chi connectivity index (χ1) is 14.4. The zero-order valence-electron chi connectivity index (χ0n) is 16.3. The summed E-state index contributed by atoms with van der Waals surface area (Å²) in [6.45, 7) is 2.02. The van der Waals surface area contributed by atoms with Crippen LogP contribution in [0, 0.1) is 0 Å². The van der Waals surface area contributed by atoms with E-state index in [1.54, 1.807) is 42.5 Å². The molecule has 0 fully saturated rings. The number of halogens is 1. The average molecular weight is 441 g/mol. The van der Waals surface area contributed by atoms with Crippen LogP contribution in [-0.2, 0) is 21.2 Å². The number of carbonyl (C=O) groups is 1. The fraction of sp³-hybridized carbons (Fsp3) is 0.0870. The van der Waals surface area contributed by atoms with E-state index in [2.05, 4.69) is 10.0 Å². The van der Waals surface area contributed by atoms with Gasteiger partial charge >= 0.3 is 0 Å². The molecule has 0 aliphatic heterocycles. The second-order valence-corrected chi connectivity index (χ2v) is 8.58. The highest BCUT2D eigenvalue weighted by Gasteiger charge is 2.15. The van der Waals surface area contributed by atoms with Crippen LogP contribution in [0.3, 0.4) is 0 Å². The third-order valence-electron chi connectivity index (χ3n) is 4.39. The molecule has 0 bridgehead atoms. The molecule has 0 aliphatic rings. The quantitative estimate of drug-likeness (QED) is 0.486. The van der Waals surface area contributed by atoms with Gasteiger partial charge in [-0.15, -0.1) is 0 Å². The summed E-state index contributed by atoms with van der Waals surface area (Å²) in [5.41, 5.74) is 2.85. The number of para-hydroxylation sites is 2. The number of aryl methyl sites for hydroxylation is 1. The third-order valence-corrected chi connectivity index (χ3v) is 6.10. The van der Waals surface area contributed by atoms with Gasteiger partial charge in [-0.2, -0.15) is 0 Å². The molecule has 3 rings (SSSR count). The molecule has 0 radical (unpaired) electrons. The summed E-state index contributed by atoms with van der Waals surface area (Å²) in [6.07, 6.45) is 3.86. The second-order valence-electron chi connectivity index (χ2n) is 6.49. The highest BCUT2D eigenvalue weighted by atomic mass is 35.5. The van der Waals surface area contributed by atoms with Gasteiger partial charge in [-0.1, -0.05) is 61.0 Å². The lowest BCUT2D eigenvalue weighted by Gasteiger charge is -2.09. The molecule has 0 saturated heterocycles. The van der Waals surface area contributed by atoms with Gasteiger partial charge in [-0.3, -0.25) is 9.52 Å². The number of hydrogen-bond donors (Lipinski definition) is 2. The Morgan fingerprint density at radius 1 is 0.933 bits per heavy atom. The Labute approximate surface area is 181 Å². The van der Waals surface area contributed by atoms with Crippen molar-refractivity contribution in [3.63, 3.8) is 0 Å². The summed E-state index contributed by atoms with van der Waals surface area (Å²) in [5.74, 6) is -0.256. The smallest absolute Gasteiger partial charge is 0.261 e. The topological polar surface area (TPSA) is 75.3 Å². The molecule has 154 valence electrons. The molecule has 3 aromatic rings. The van der Waals surface area contributed by atoms with Crippen LogP contribution in [0.4, 0.5) is 11.4 Å². The van der Waals surface area contributed by atoms with E-state index in [1.165, 1.54) is 18.2 Å². The maximum Gasteiger partial charge on any atom is 0.261 e. The Balaban J connectivity index is 1.68. The van der Waals surface area contributed by atoms with Gasteiger partial charge in [0.25, 0.3) is 10.0 Å². The molecule has 2 N–H and O–H groups in total. The molecule has 3 aromatic carbocycles. The highest BCUT2D eigenvalue weighted by Crippen LogP contribution is 2.24. The van der Waals surface area contributed by atoms with Gasteiger partial charge in [0.1, 0.15) is 0 Å². The van der Waals surface area contributed by atoms with Gasteiger partial charge < -0.3 is 5.32 Å². The lowest BCUT2D eigenvalue weighted by atomic mass is 10.1. The predicted octanol–water partition coefficient (Wildman–Crippen LogP) is 5.36. The second kappa shape index (κ2) is 9.61. The summed E-state index contributed by atoms with van der Waals surface area (Å²) in [5, 5.41) is 3.17. The van der Waals surface area contributed by atoms with Crippen LogP contribution in [-0.4, -0.2) is 14.3 Å². The summed E-state index contributed by atoms with van der Waals surface area (Å²) in [7, 11) is -3.77. The monoisotopic (exact) mass is 440 g/mol. The number of amides is 1. The van der Waals surface area contributed by atoms with Crippen molar-refractivity contribution in [2.75, 3.05) is 10.0 Å². The van der Waals surface area contributed by atoms with E-state index in [0.717, 1.165) is 17.7 Å². The van der Waals surface area contributed by atoms with Crippen LogP contribution < -0.4 is 10.0 Å². The Hall–Kier alpha value is -3.09. The number of rotatable bonds is 7. The minimum atomic E-state index is -3.77. The van der Waals surface area contributed by atoms with Crippen molar-refractivity contribution in [1.82, 2.24) is 0 Å². The summed E-state index contributed by atoms with van der Waals surface area (Å²) >= 11 is 6.02. The van der Waals surface area contributed by atoms with Crippen LogP contribution >= 0.6 is 11.6 Å². The number of benzene rings is 3. The van der Waals surface area contributed by atoms with Crippen molar-refractivity contribution in [3.05, 3.63) is 95.0 Å². The normalized spacial score (nSPS) is 11.4. The van der Waals surface area contributed by atoms with Gasteiger partial charge in [0.15, 0.2) is 0 Å². The molecular weight excluding hydrogens is 420 g/mol. The predicted molar refractivity (Wildman–Crippen MR) is 122 cm³/mol. The van der Waals surface area contributed by atoms with E-state index in [1.807, 2.05) is 31.2 Å². The van der Waals surface area contributed by atoms with Crippen molar-refractivity contribution in [2.24, 2.45) is 0 Å². The van der Waals surface area contributed by atoms with Gasteiger partial charge in [0.2, 0.25) is 5.91 Å². The fourth-order valence-corrected chi connectivity index (χ4v) is 4.12. The maximum atomic E-state index is 12.5. The first kappa shape index (κ1) is 21.6. The minimum absolute atomic E-state index is 0.0981. The van der Waals surface area contributed by atoms with E-state index in [-0.39, 0.29) is 10.8 Å². The number of anilines is 2. The lowest BCUT2D eigenvalue weighted by molar-refractivity contribution is -0.111. The Morgan fingerprint density at radius 3 is 2.23 bits per heavy atom. The van der Waals surface area contributed by atoms with Crippen LogP contribution in [0.2, 0.25) is 5.02 Å². The van der Waals surface area contributed by atoms with Crippen molar-refractivity contribution >= 4 is 45.0 Å². The first-order valence-electron chi connectivity index (χ1n) is 9.33. The van der Waals surface area contributed by atoms with Crippen LogP contribution in [0.25, 0.3) is 6.08 Å². The van der Waals surface area contributed by atoms with Crippen molar-refractivity contribution < 1.29 is 13.2 Å². The lowest BCUT2D eigenvalue weighted by Crippen LogP contribution is -2.13. The number of sulfonamides is 1. The highest BCUT2D eigenvalue weighted by molar-refractivity contribution is 7.92. The van der Waals surface area contributed by atoms with E-state index in [9.17, 15) is 13.2 Å². The molecule has 0 aromatic heterocycles. The Kier molecular flexibility index (Phi) is 6.92. The number of hydrogen-bond acceptors (Lipinski definition) is 3. The molecule has 1 amide bonds. The van der Waals surface area contributed by atoms with Crippen LogP contribution in [0.5, 0.6) is 0 Å². The zero-order valence-corrected chi connectivity index (χ0v) is 17.9. The van der Waals surface area contributed by atoms with E-state index >= 15 is 0 Å². The molecule has 30 heavy (non-hydrogen) atoms. The SMILES string of the molecule is CCc1ccccc1NC(=O)C=Cc1ccc(S(=O)(=O)Nc2ccccc2Cl)cc1. The molecule has 5 nitrogen and oxygen atoms in total. The van der Waals surface area contributed by atoms with Gasteiger partial charge in [-0.05, 0) is 54.0 Å². The molecule has 0 aliphatic carbocycles. The molecule has 0 atom stereocenters. The molecule has 0 saturated carbocycles. The van der Waals surface area contributed by atoms with E-state index < -0.39 is 10.0 Å². The molecule has 0 unspecified atom stereocenters. The summed E-state index contributed by atoms with van der Waals surface area (Å²) in [4.78, 5) is 12.3. The van der Waals surface area contributed by atoms with Gasteiger partial charge in [0.05, 0.1) is 15.6 Å². The summed E-state index contributed by atoms with van der Waals surface area (Å²) in [6, 6.07) is 20.5. The largest absolute Gasteiger partial charge is 0.322 e. The van der Waals surface area contributed by atoms with Crippen LogP contribution in [0.15, 0.2) is 83.8 Å². The van der Waals surface area contributed by atoms with Crippen LogP contribution in [0.1, 0.15) is 18.1 Å². The van der Waals surface area contributed by atoms with Crippen molar-refractivity contribution in [3.8, 4) is 0 Å². The Bertz CT molecular complexity index is 1170. The zero-order chi connectivity index (χ0) is 21.6. The molecule has 0 heterocycles. The fourth-order valence-electron chi connectivity index (χ4n) is 2.80. The van der Waals surface area contributed by atoms with Crippen molar-refractivity contribution in [2.45, 2.75) is 18.2 Å². The van der Waals surface area contributed by atoms with E-state index in [0.29, 0.717) is 16.3 Å². The standard InChI is InChI=1S/C23H21ClN2O3S/c1-2-18-7-3-5-9-21(18)25-23(27)16-13-17-11-14-19(15-12-17)30(28,29)26-22-10-6-4-8-20(22)24/h3-16,26H,2H2,1H3,(H,25,27). The maximum absolute atomic E-state index is 12.5. The first-order valence-corrected chi connectivity index (χ1v) is 11.2. The van der Waals surface area contributed by atoms with Gasteiger partial charge in [0, 0.05) is 11.8 Å². The Morgan fingerprint density at radius 2 is 1.57 bits per heavy atom. The molecule has 0 spiro atoms.